The van der Waals surface area contributed by atoms with Crippen molar-refractivity contribution >= 4 is 17.6 Å². The van der Waals surface area contributed by atoms with Gasteiger partial charge in [-0.15, -0.1) is 0 Å². The molecule has 0 saturated carbocycles. The van der Waals surface area contributed by atoms with Gasteiger partial charge in [-0.05, 0) is 42.5 Å². The zero-order chi connectivity index (χ0) is 27.5. The maximum Gasteiger partial charge on any atom is 0.416 e. The molecule has 9 nitrogen and oxygen atoms in total. The smallest absolute Gasteiger partial charge is 0.416 e. The van der Waals surface area contributed by atoms with Crippen molar-refractivity contribution in [2.24, 2.45) is 11.8 Å². The Balaban J connectivity index is 1.16. The van der Waals surface area contributed by atoms with Crippen LogP contribution in [0.25, 0.3) is 16.9 Å². The van der Waals surface area contributed by atoms with Crippen LogP contribution in [0.15, 0.2) is 55.0 Å². The number of aromatic carboxylic acids is 1. The van der Waals surface area contributed by atoms with E-state index in [1.165, 1.54) is 12.3 Å². The van der Waals surface area contributed by atoms with Crippen LogP contribution in [0.3, 0.4) is 0 Å². The number of benzene rings is 1. The molecule has 1 aromatic carbocycles. The minimum absolute atomic E-state index is 0.122. The van der Waals surface area contributed by atoms with Gasteiger partial charge in [-0.25, -0.2) is 14.6 Å². The molecule has 2 aliphatic rings. The van der Waals surface area contributed by atoms with Gasteiger partial charge >= 0.3 is 18.2 Å². The van der Waals surface area contributed by atoms with E-state index < -0.39 is 23.7 Å². The maximum absolute atomic E-state index is 14.1. The summed E-state index contributed by atoms with van der Waals surface area (Å²) in [5, 5.41) is 13.1. The number of pyridine rings is 1. The van der Waals surface area contributed by atoms with E-state index in [0.717, 1.165) is 4.68 Å². The Labute approximate surface area is 221 Å². The standard InChI is InChI=1S/C27H25F3N6O3/c1-16-10-36(32-24(16)25(37)38)26(39)34-14-19-12-33(13-20(19)15-34)11-18-6-5-17(8-21(18)27(28,29)30)22-9-31-23-4-2-3-7-35(22)23/h2-10,19-20H,11-15H2,1H3,(H,37,38). The number of fused-ring (bicyclic) bond motifs is 2. The first kappa shape index (κ1) is 25.1. The summed E-state index contributed by atoms with van der Waals surface area (Å²) in [4.78, 5) is 32.1. The molecule has 4 aromatic rings. The van der Waals surface area contributed by atoms with Crippen LogP contribution in [0, 0.1) is 18.8 Å². The second-order valence-electron chi connectivity index (χ2n) is 10.3. The van der Waals surface area contributed by atoms with Crippen LogP contribution in [0.4, 0.5) is 18.0 Å². The van der Waals surface area contributed by atoms with Gasteiger partial charge in [-0.3, -0.25) is 9.30 Å². The van der Waals surface area contributed by atoms with Crippen molar-refractivity contribution < 1.29 is 27.9 Å². The quantitative estimate of drug-likeness (QED) is 0.417. The first-order valence-corrected chi connectivity index (χ1v) is 12.5. The van der Waals surface area contributed by atoms with Gasteiger partial charge in [0.25, 0.3) is 0 Å². The number of imidazole rings is 1. The number of carbonyl (C=O) groups is 2. The lowest BCUT2D eigenvalue weighted by Gasteiger charge is -2.23. The Morgan fingerprint density at radius 1 is 1.08 bits per heavy atom. The second kappa shape index (κ2) is 9.23. The lowest BCUT2D eigenvalue weighted by atomic mass is 10.0. The Kier molecular flexibility index (Phi) is 5.94. The number of likely N-dealkylation sites (tertiary alicyclic amines) is 2. The number of aromatic nitrogens is 4. The molecule has 2 atom stereocenters. The number of carboxylic acids is 1. The minimum Gasteiger partial charge on any atom is -0.476 e. The van der Waals surface area contributed by atoms with Gasteiger partial charge in [-0.2, -0.15) is 23.0 Å². The van der Waals surface area contributed by atoms with Crippen LogP contribution in [-0.4, -0.2) is 72.3 Å². The molecule has 2 aliphatic heterocycles. The third-order valence-corrected chi connectivity index (χ3v) is 7.65. The van der Waals surface area contributed by atoms with Gasteiger partial charge in [0, 0.05) is 56.2 Å². The Hall–Kier alpha value is -4.19. The molecule has 1 N–H and O–H groups in total. The van der Waals surface area contributed by atoms with Crippen LogP contribution < -0.4 is 0 Å². The van der Waals surface area contributed by atoms with Gasteiger partial charge in [0.1, 0.15) is 5.65 Å². The van der Waals surface area contributed by atoms with Gasteiger partial charge in [0.2, 0.25) is 0 Å². The van der Waals surface area contributed by atoms with E-state index in [9.17, 15) is 27.9 Å². The first-order chi connectivity index (χ1) is 18.6. The molecule has 0 bridgehead atoms. The molecule has 0 spiro atoms. The fourth-order valence-electron chi connectivity index (χ4n) is 5.81. The third kappa shape index (κ3) is 4.54. The summed E-state index contributed by atoms with van der Waals surface area (Å²) in [5.41, 5.74) is 1.47. The van der Waals surface area contributed by atoms with Gasteiger partial charge in [0.05, 0.1) is 17.5 Å². The first-order valence-electron chi connectivity index (χ1n) is 12.5. The van der Waals surface area contributed by atoms with E-state index in [1.807, 2.05) is 11.0 Å². The zero-order valence-corrected chi connectivity index (χ0v) is 21.0. The van der Waals surface area contributed by atoms with Crippen LogP contribution in [0.5, 0.6) is 0 Å². The SMILES string of the molecule is Cc1cn(C(=O)N2CC3CN(Cc4ccc(-c5cnc6ccccn56)cc4C(F)(F)F)CC3C2)nc1C(=O)O. The number of amides is 1. The lowest BCUT2D eigenvalue weighted by molar-refractivity contribution is -0.138. The number of hydrogen-bond acceptors (Lipinski definition) is 5. The van der Waals surface area contributed by atoms with Crippen molar-refractivity contribution in [2.45, 2.75) is 19.6 Å². The van der Waals surface area contributed by atoms with Gasteiger partial charge in [-0.1, -0.05) is 18.2 Å². The molecule has 1 amide bonds. The van der Waals surface area contributed by atoms with E-state index in [-0.39, 0.29) is 29.6 Å². The summed E-state index contributed by atoms with van der Waals surface area (Å²) in [6.45, 7) is 3.76. The Morgan fingerprint density at radius 2 is 1.82 bits per heavy atom. The van der Waals surface area contributed by atoms with E-state index >= 15 is 0 Å². The fourth-order valence-corrected chi connectivity index (χ4v) is 5.81. The number of alkyl halides is 3. The average Bonchev–Trinajstić information content (AvgIpc) is 3.65. The van der Waals surface area contributed by atoms with Crippen molar-refractivity contribution in [1.29, 1.82) is 0 Å². The number of rotatable bonds is 4. The molecule has 2 fully saturated rings. The highest BCUT2D eigenvalue weighted by molar-refractivity contribution is 5.88. The Morgan fingerprint density at radius 3 is 2.49 bits per heavy atom. The third-order valence-electron chi connectivity index (χ3n) is 7.65. The summed E-state index contributed by atoms with van der Waals surface area (Å²) in [6, 6.07) is 9.48. The predicted molar refractivity (Wildman–Crippen MR) is 134 cm³/mol. The highest BCUT2D eigenvalue weighted by atomic mass is 19.4. The highest BCUT2D eigenvalue weighted by Crippen LogP contribution is 2.38. The highest BCUT2D eigenvalue weighted by Gasteiger charge is 2.43. The summed E-state index contributed by atoms with van der Waals surface area (Å²) in [7, 11) is 0. The lowest BCUT2D eigenvalue weighted by Crippen LogP contribution is -2.36. The Bertz CT molecular complexity index is 1580. The molecule has 0 aliphatic carbocycles. The van der Waals surface area contributed by atoms with Crippen molar-refractivity contribution in [2.75, 3.05) is 26.2 Å². The number of aryl methyl sites for hydroxylation is 1. The van der Waals surface area contributed by atoms with Gasteiger partial charge < -0.3 is 10.0 Å². The van der Waals surface area contributed by atoms with E-state index in [4.69, 9.17) is 0 Å². The molecule has 5 heterocycles. The van der Waals surface area contributed by atoms with Crippen molar-refractivity contribution in [3.05, 3.63) is 77.4 Å². The number of nitrogens with zero attached hydrogens (tertiary/aromatic N) is 6. The molecule has 3 aromatic heterocycles. The van der Waals surface area contributed by atoms with Gasteiger partial charge in [0.15, 0.2) is 5.69 Å². The van der Waals surface area contributed by atoms with E-state index in [1.54, 1.807) is 52.9 Å². The van der Waals surface area contributed by atoms with E-state index in [0.29, 0.717) is 48.6 Å². The largest absolute Gasteiger partial charge is 0.476 e. The number of carboxylic acid groups (broad SMARTS) is 1. The second-order valence-corrected chi connectivity index (χ2v) is 10.3. The molecule has 6 rings (SSSR count). The monoisotopic (exact) mass is 538 g/mol. The summed E-state index contributed by atoms with van der Waals surface area (Å²) in [5.74, 6) is -0.953. The molecular weight excluding hydrogens is 513 g/mol. The molecule has 2 unspecified atom stereocenters. The molecular formula is C27H25F3N6O3. The maximum atomic E-state index is 14.1. The van der Waals surface area contributed by atoms with Crippen LogP contribution in [0.2, 0.25) is 0 Å². The van der Waals surface area contributed by atoms with Crippen LogP contribution >= 0.6 is 0 Å². The molecule has 0 radical (unpaired) electrons. The summed E-state index contributed by atoms with van der Waals surface area (Å²) < 4.78 is 45.2. The zero-order valence-electron chi connectivity index (χ0n) is 21.0. The number of carbonyl (C=O) groups excluding carboxylic acids is 1. The minimum atomic E-state index is -4.51. The van der Waals surface area contributed by atoms with Crippen molar-refractivity contribution in [3.8, 4) is 11.3 Å². The molecule has 12 heteroatoms. The van der Waals surface area contributed by atoms with Crippen molar-refractivity contribution in [1.82, 2.24) is 29.0 Å². The fraction of sp³-hybridized carbons (Fsp3) is 0.333. The summed E-state index contributed by atoms with van der Waals surface area (Å²) in [6.07, 6.45) is 0.239. The normalized spacial score (nSPS) is 19.6. The predicted octanol–water partition coefficient (Wildman–Crippen LogP) is 4.26. The molecule has 2 saturated heterocycles. The van der Waals surface area contributed by atoms with E-state index in [2.05, 4.69) is 10.1 Å². The number of hydrogen-bond donors (Lipinski definition) is 1. The molecule has 39 heavy (non-hydrogen) atoms. The van der Waals surface area contributed by atoms with Crippen LogP contribution in [0.1, 0.15) is 27.2 Å². The molecule has 202 valence electrons. The van der Waals surface area contributed by atoms with Crippen molar-refractivity contribution in [3.63, 3.8) is 0 Å². The number of halogens is 3. The topological polar surface area (TPSA) is 96.0 Å². The van der Waals surface area contributed by atoms with Crippen LogP contribution in [-0.2, 0) is 12.7 Å². The average molecular weight is 539 g/mol. The summed E-state index contributed by atoms with van der Waals surface area (Å²) >= 11 is 0.